The van der Waals surface area contributed by atoms with Gasteiger partial charge < -0.3 is 9.32 Å². The summed E-state index contributed by atoms with van der Waals surface area (Å²) in [7, 11) is -3.23. The topological polar surface area (TPSA) is 75.4 Å². The van der Waals surface area contributed by atoms with E-state index in [2.05, 4.69) is 9.71 Å². The van der Waals surface area contributed by atoms with E-state index in [1.54, 1.807) is 19.4 Å². The van der Waals surface area contributed by atoms with Gasteiger partial charge in [-0.15, -0.1) is 0 Å². The van der Waals surface area contributed by atoms with Gasteiger partial charge >= 0.3 is 0 Å². The quantitative estimate of drug-likeness (QED) is 0.921. The molecule has 0 saturated carbocycles. The van der Waals surface area contributed by atoms with Gasteiger partial charge in [-0.3, -0.25) is 0 Å². The van der Waals surface area contributed by atoms with Crippen molar-refractivity contribution in [3.63, 3.8) is 0 Å². The molecular weight excluding hydrogens is 278 g/mol. The number of sulfonamides is 1. The Labute approximate surface area is 117 Å². The molecule has 1 saturated heterocycles. The predicted molar refractivity (Wildman–Crippen MR) is 77.2 cm³/mol. The molecule has 2 aromatic heterocycles. The van der Waals surface area contributed by atoms with Gasteiger partial charge in [-0.05, 0) is 18.6 Å². The lowest BCUT2D eigenvalue weighted by atomic mass is 10.3. The summed E-state index contributed by atoms with van der Waals surface area (Å²) in [5, 5.41) is 0.542. The largest absolute Gasteiger partial charge is 0.464 e. The van der Waals surface area contributed by atoms with Crippen LogP contribution >= 0.6 is 0 Å². The number of furan rings is 1. The molecule has 1 fully saturated rings. The Balaban J connectivity index is 1.86. The van der Waals surface area contributed by atoms with Crippen LogP contribution in [0.2, 0.25) is 0 Å². The summed E-state index contributed by atoms with van der Waals surface area (Å²) >= 11 is 0. The van der Waals surface area contributed by atoms with Crippen molar-refractivity contribution in [1.29, 1.82) is 0 Å². The molecule has 0 spiro atoms. The fraction of sp³-hybridized carbons (Fsp3) is 0.462. The third-order valence-corrected chi connectivity index (χ3v) is 5.54. The minimum Gasteiger partial charge on any atom is -0.464 e. The molecule has 1 aliphatic rings. The highest BCUT2D eigenvalue weighted by Crippen LogP contribution is 2.29. The zero-order chi connectivity index (χ0) is 14.2. The smallest absolute Gasteiger partial charge is 0.216 e. The van der Waals surface area contributed by atoms with Crippen LogP contribution in [-0.2, 0) is 10.0 Å². The van der Waals surface area contributed by atoms with Gasteiger partial charge in [0.25, 0.3) is 0 Å². The first-order chi connectivity index (χ1) is 9.62. The van der Waals surface area contributed by atoms with Crippen molar-refractivity contribution in [2.75, 3.05) is 24.5 Å². The third-order valence-electron chi connectivity index (χ3n) is 3.59. The number of nitrogens with one attached hydrogen (secondary N) is 1. The number of rotatable bonds is 4. The second-order valence-corrected chi connectivity index (χ2v) is 6.91. The Kier molecular flexibility index (Phi) is 3.39. The van der Waals surface area contributed by atoms with Gasteiger partial charge in [0.05, 0.1) is 16.9 Å². The van der Waals surface area contributed by atoms with Crippen molar-refractivity contribution in [1.82, 2.24) is 9.71 Å². The molecule has 0 bridgehead atoms. The molecule has 2 aromatic rings. The summed E-state index contributed by atoms with van der Waals surface area (Å²) in [6.45, 7) is 3.37. The second kappa shape index (κ2) is 5.06. The van der Waals surface area contributed by atoms with Crippen LogP contribution in [0.5, 0.6) is 0 Å². The number of nitrogens with zero attached hydrogens (tertiary/aromatic N) is 2. The van der Waals surface area contributed by atoms with Crippen LogP contribution in [0.25, 0.3) is 11.0 Å². The Bertz CT molecular complexity index is 710. The standard InChI is InChI=1S/C13H17N3O3S/c1-2-15-20(17,18)10-4-7-16(9-10)13-11-5-8-19-12(11)3-6-14-13/h3,5-6,8,10,15H,2,4,7,9H2,1H3/t10-/m1/s1. The molecule has 0 aliphatic carbocycles. The first kappa shape index (κ1) is 13.4. The zero-order valence-corrected chi connectivity index (χ0v) is 12.1. The van der Waals surface area contributed by atoms with Crippen molar-refractivity contribution in [2.24, 2.45) is 0 Å². The Morgan fingerprint density at radius 3 is 3.15 bits per heavy atom. The number of hydrogen-bond donors (Lipinski definition) is 1. The summed E-state index contributed by atoms with van der Waals surface area (Å²) in [5.74, 6) is 0.797. The van der Waals surface area contributed by atoms with Gasteiger partial charge in [-0.1, -0.05) is 6.92 Å². The first-order valence-corrected chi connectivity index (χ1v) is 8.22. The molecule has 3 heterocycles. The van der Waals surface area contributed by atoms with Crippen molar-refractivity contribution in [2.45, 2.75) is 18.6 Å². The van der Waals surface area contributed by atoms with Gasteiger partial charge in [0.2, 0.25) is 10.0 Å². The SMILES string of the molecule is CCNS(=O)(=O)[C@@H]1CCN(c2nccc3occc23)C1. The first-order valence-electron chi connectivity index (χ1n) is 6.67. The summed E-state index contributed by atoms with van der Waals surface area (Å²) in [4.78, 5) is 6.39. The zero-order valence-electron chi connectivity index (χ0n) is 11.2. The monoisotopic (exact) mass is 295 g/mol. The molecule has 1 atom stereocenters. The van der Waals surface area contributed by atoms with Crippen molar-refractivity contribution in [3.8, 4) is 0 Å². The molecule has 1 N–H and O–H groups in total. The van der Waals surface area contributed by atoms with E-state index >= 15 is 0 Å². The maximum atomic E-state index is 12.0. The van der Waals surface area contributed by atoms with E-state index in [0.29, 0.717) is 26.1 Å². The number of pyridine rings is 1. The molecule has 108 valence electrons. The molecule has 3 rings (SSSR count). The fourth-order valence-electron chi connectivity index (χ4n) is 2.62. The number of hydrogen-bond acceptors (Lipinski definition) is 5. The van der Waals surface area contributed by atoms with Crippen LogP contribution in [0.3, 0.4) is 0 Å². The normalized spacial score (nSPS) is 19.9. The Morgan fingerprint density at radius 2 is 2.35 bits per heavy atom. The predicted octanol–water partition coefficient (Wildman–Crippen LogP) is 1.35. The third kappa shape index (κ3) is 2.27. The van der Waals surface area contributed by atoms with Gasteiger partial charge in [-0.25, -0.2) is 18.1 Å². The van der Waals surface area contributed by atoms with Crippen LogP contribution < -0.4 is 9.62 Å². The van der Waals surface area contributed by atoms with E-state index in [1.807, 2.05) is 17.0 Å². The van der Waals surface area contributed by atoms with Crippen molar-refractivity contribution in [3.05, 3.63) is 24.6 Å². The van der Waals surface area contributed by atoms with Crippen molar-refractivity contribution >= 4 is 26.8 Å². The molecule has 20 heavy (non-hydrogen) atoms. The summed E-state index contributed by atoms with van der Waals surface area (Å²) < 4.78 is 32.0. The van der Waals surface area contributed by atoms with Gasteiger partial charge in [0.1, 0.15) is 11.4 Å². The van der Waals surface area contributed by atoms with E-state index in [0.717, 1.165) is 16.8 Å². The number of anilines is 1. The minimum absolute atomic E-state index is 0.383. The van der Waals surface area contributed by atoms with Crippen LogP contribution in [0.15, 0.2) is 29.0 Å². The second-order valence-electron chi connectivity index (χ2n) is 4.87. The lowest BCUT2D eigenvalue weighted by molar-refractivity contribution is 0.571. The van der Waals surface area contributed by atoms with Gasteiger partial charge in [0, 0.05) is 25.8 Å². The molecule has 6 nitrogen and oxygen atoms in total. The number of fused-ring (bicyclic) bond motifs is 1. The number of aromatic nitrogens is 1. The Morgan fingerprint density at radius 1 is 1.50 bits per heavy atom. The molecule has 0 unspecified atom stereocenters. The van der Waals surface area contributed by atoms with E-state index < -0.39 is 10.0 Å². The summed E-state index contributed by atoms with van der Waals surface area (Å²) in [6, 6.07) is 3.67. The van der Waals surface area contributed by atoms with E-state index in [9.17, 15) is 8.42 Å². The molecule has 0 amide bonds. The summed E-state index contributed by atoms with van der Waals surface area (Å²) in [6.07, 6.45) is 3.93. The highest BCUT2D eigenvalue weighted by molar-refractivity contribution is 7.90. The Hall–Kier alpha value is -1.60. The van der Waals surface area contributed by atoms with E-state index in [1.165, 1.54) is 0 Å². The van der Waals surface area contributed by atoms with Crippen LogP contribution in [0.1, 0.15) is 13.3 Å². The van der Waals surface area contributed by atoms with E-state index in [4.69, 9.17) is 4.42 Å². The summed E-state index contributed by atoms with van der Waals surface area (Å²) in [5.41, 5.74) is 0.771. The molecule has 1 aliphatic heterocycles. The average Bonchev–Trinajstić information content (AvgIpc) is 3.07. The van der Waals surface area contributed by atoms with Crippen molar-refractivity contribution < 1.29 is 12.8 Å². The molecule has 0 aromatic carbocycles. The lowest BCUT2D eigenvalue weighted by Gasteiger charge is -2.18. The van der Waals surface area contributed by atoms with Crippen LogP contribution in [0.4, 0.5) is 5.82 Å². The maximum absolute atomic E-state index is 12.0. The van der Waals surface area contributed by atoms with Crippen LogP contribution in [-0.4, -0.2) is 38.3 Å². The highest BCUT2D eigenvalue weighted by Gasteiger charge is 2.33. The molecule has 7 heteroatoms. The lowest BCUT2D eigenvalue weighted by Crippen LogP contribution is -2.36. The van der Waals surface area contributed by atoms with Crippen LogP contribution in [0, 0.1) is 0 Å². The highest BCUT2D eigenvalue weighted by atomic mass is 32.2. The molecule has 0 radical (unpaired) electrons. The minimum atomic E-state index is -3.23. The van der Waals surface area contributed by atoms with Gasteiger partial charge in [-0.2, -0.15) is 0 Å². The maximum Gasteiger partial charge on any atom is 0.216 e. The molecular formula is C13H17N3O3S. The fourth-order valence-corrected chi connectivity index (χ4v) is 4.05. The average molecular weight is 295 g/mol. The van der Waals surface area contributed by atoms with Gasteiger partial charge in [0.15, 0.2) is 0 Å². The van der Waals surface area contributed by atoms with E-state index in [-0.39, 0.29) is 5.25 Å².